The fraction of sp³-hybridized carbons (Fsp3) is 0.500. The summed E-state index contributed by atoms with van der Waals surface area (Å²) in [6.45, 7) is 4.94. The Balaban J connectivity index is 1.85. The van der Waals surface area contributed by atoms with Gasteiger partial charge in [-0.2, -0.15) is 0 Å². The molecule has 89 valence electrons. The van der Waals surface area contributed by atoms with E-state index in [0.29, 0.717) is 0 Å². The van der Waals surface area contributed by atoms with Crippen molar-refractivity contribution >= 4 is 5.69 Å². The molecule has 1 radical (unpaired) electrons. The highest BCUT2D eigenvalue weighted by molar-refractivity contribution is 5.60. The van der Waals surface area contributed by atoms with E-state index in [-0.39, 0.29) is 0 Å². The quantitative estimate of drug-likeness (QED) is 0.743. The molecule has 1 aromatic carbocycles. The first-order valence-electron chi connectivity index (χ1n) is 6.81. The third-order valence-corrected chi connectivity index (χ3v) is 4.23. The average Bonchev–Trinajstić information content (AvgIpc) is 2.82. The van der Waals surface area contributed by atoms with E-state index in [2.05, 4.69) is 35.8 Å². The Hall–Kier alpha value is -1.24. The second kappa shape index (κ2) is 4.56. The molecule has 1 aliphatic heterocycles. The summed E-state index contributed by atoms with van der Waals surface area (Å²) in [4.78, 5) is 2.64. The van der Waals surface area contributed by atoms with Crippen LogP contribution in [0.2, 0.25) is 0 Å². The molecular formula is C16H20N. The van der Waals surface area contributed by atoms with Crippen molar-refractivity contribution < 1.29 is 0 Å². The first-order valence-corrected chi connectivity index (χ1v) is 6.81. The van der Waals surface area contributed by atoms with Gasteiger partial charge in [0.1, 0.15) is 0 Å². The maximum Gasteiger partial charge on any atom is 0.0402 e. The summed E-state index contributed by atoms with van der Waals surface area (Å²) >= 11 is 0. The van der Waals surface area contributed by atoms with E-state index in [1.165, 1.54) is 56.3 Å². The Kier molecular flexibility index (Phi) is 2.92. The molecule has 1 fully saturated rings. The van der Waals surface area contributed by atoms with Crippen molar-refractivity contribution in [2.45, 2.75) is 44.6 Å². The van der Waals surface area contributed by atoms with E-state index in [0.717, 1.165) is 11.6 Å². The van der Waals surface area contributed by atoms with E-state index >= 15 is 0 Å². The number of hydrogen-bond donors (Lipinski definition) is 0. The van der Waals surface area contributed by atoms with Crippen LogP contribution in [0, 0.1) is 6.08 Å². The van der Waals surface area contributed by atoms with Crippen LogP contribution in [0.4, 0.5) is 5.69 Å². The summed E-state index contributed by atoms with van der Waals surface area (Å²) in [6.07, 6.45) is 11.2. The van der Waals surface area contributed by atoms with Gasteiger partial charge in [0.2, 0.25) is 0 Å². The minimum atomic E-state index is 0.795. The van der Waals surface area contributed by atoms with Crippen molar-refractivity contribution in [3.63, 3.8) is 0 Å². The lowest BCUT2D eigenvalue weighted by atomic mass is 9.94. The standard InChI is InChI=1S/C16H20N/c1-2-13-8-9-16-14(12-13)10-11-17(16)15-6-4-3-5-7-15/h8-9,12,15H,1,3-7,10-11H2. The first-order chi connectivity index (χ1) is 8.38. The minimum absolute atomic E-state index is 0.795. The van der Waals surface area contributed by atoms with Crippen molar-refractivity contribution in [3.8, 4) is 0 Å². The van der Waals surface area contributed by atoms with Gasteiger partial charge in [-0.05, 0) is 48.6 Å². The van der Waals surface area contributed by atoms with Crippen LogP contribution >= 0.6 is 0 Å². The predicted molar refractivity (Wildman–Crippen MR) is 72.3 cm³/mol. The van der Waals surface area contributed by atoms with Crippen molar-refractivity contribution in [3.05, 3.63) is 42.0 Å². The van der Waals surface area contributed by atoms with Crippen molar-refractivity contribution in [2.75, 3.05) is 11.4 Å². The predicted octanol–water partition coefficient (Wildman–Crippen LogP) is 3.72. The maximum absolute atomic E-state index is 3.73. The van der Waals surface area contributed by atoms with E-state index in [9.17, 15) is 0 Å². The van der Waals surface area contributed by atoms with E-state index in [1.807, 2.05) is 0 Å². The van der Waals surface area contributed by atoms with Gasteiger partial charge in [0.25, 0.3) is 0 Å². The third kappa shape index (κ3) is 1.99. The van der Waals surface area contributed by atoms with E-state index in [1.54, 1.807) is 0 Å². The van der Waals surface area contributed by atoms with Gasteiger partial charge in [-0.15, -0.1) is 0 Å². The molecule has 1 saturated carbocycles. The van der Waals surface area contributed by atoms with E-state index < -0.39 is 0 Å². The van der Waals surface area contributed by atoms with Gasteiger partial charge >= 0.3 is 0 Å². The largest absolute Gasteiger partial charge is 0.368 e. The van der Waals surface area contributed by atoms with Crippen molar-refractivity contribution in [1.82, 2.24) is 0 Å². The van der Waals surface area contributed by atoms with Crippen LogP contribution in [0.1, 0.15) is 43.2 Å². The number of rotatable bonds is 2. The number of nitrogens with zero attached hydrogens (tertiary/aromatic N) is 1. The molecule has 1 heteroatoms. The molecule has 1 aromatic rings. The van der Waals surface area contributed by atoms with Crippen molar-refractivity contribution in [1.29, 1.82) is 0 Å². The number of benzene rings is 1. The fourth-order valence-corrected chi connectivity index (χ4v) is 3.31. The summed E-state index contributed by atoms with van der Waals surface area (Å²) in [5, 5.41) is 0. The van der Waals surface area contributed by atoms with Gasteiger partial charge in [-0.25, -0.2) is 0 Å². The summed E-state index contributed by atoms with van der Waals surface area (Å²) < 4.78 is 0. The number of anilines is 1. The van der Waals surface area contributed by atoms with Gasteiger partial charge in [0.15, 0.2) is 0 Å². The van der Waals surface area contributed by atoms with Crippen LogP contribution in [0.25, 0.3) is 0 Å². The highest BCUT2D eigenvalue weighted by atomic mass is 15.2. The molecule has 1 nitrogen and oxygen atoms in total. The zero-order chi connectivity index (χ0) is 11.7. The molecule has 17 heavy (non-hydrogen) atoms. The van der Waals surface area contributed by atoms with Crippen LogP contribution in [-0.2, 0) is 6.42 Å². The van der Waals surface area contributed by atoms with Gasteiger partial charge in [0, 0.05) is 18.3 Å². The first kappa shape index (κ1) is 10.9. The monoisotopic (exact) mass is 226 g/mol. The number of hydrogen-bond acceptors (Lipinski definition) is 1. The lowest BCUT2D eigenvalue weighted by Gasteiger charge is -2.33. The Morgan fingerprint density at radius 1 is 1.18 bits per heavy atom. The molecule has 0 unspecified atom stereocenters. The van der Waals surface area contributed by atoms with Crippen LogP contribution < -0.4 is 4.90 Å². The Bertz CT molecular complexity index is 416. The second-order valence-electron chi connectivity index (χ2n) is 5.26. The Labute approximate surface area is 104 Å². The molecule has 0 saturated heterocycles. The normalized spacial score (nSPS) is 20.4. The number of fused-ring (bicyclic) bond motifs is 1. The van der Waals surface area contributed by atoms with Crippen LogP contribution in [0.3, 0.4) is 0 Å². The zero-order valence-corrected chi connectivity index (χ0v) is 10.4. The van der Waals surface area contributed by atoms with Crippen LogP contribution in [0.5, 0.6) is 0 Å². The fourth-order valence-electron chi connectivity index (χ4n) is 3.31. The van der Waals surface area contributed by atoms with Crippen LogP contribution in [-0.4, -0.2) is 12.6 Å². The molecule has 1 heterocycles. The SMILES string of the molecule is C=[C]c1ccc2c(c1)CCN2C1CCCCC1. The third-order valence-electron chi connectivity index (χ3n) is 4.23. The Morgan fingerprint density at radius 2 is 2.00 bits per heavy atom. The van der Waals surface area contributed by atoms with Gasteiger partial charge in [-0.3, -0.25) is 0 Å². The molecular weight excluding hydrogens is 206 g/mol. The molecule has 0 atom stereocenters. The van der Waals surface area contributed by atoms with Crippen molar-refractivity contribution in [2.24, 2.45) is 0 Å². The summed E-state index contributed by atoms with van der Waals surface area (Å²) in [5.74, 6) is 0. The second-order valence-corrected chi connectivity index (χ2v) is 5.26. The van der Waals surface area contributed by atoms with Gasteiger partial charge in [0.05, 0.1) is 0 Å². The molecule has 1 aliphatic carbocycles. The maximum atomic E-state index is 3.73. The molecule has 0 aromatic heterocycles. The molecule has 2 aliphatic rings. The zero-order valence-electron chi connectivity index (χ0n) is 10.4. The van der Waals surface area contributed by atoms with E-state index in [4.69, 9.17) is 0 Å². The molecule has 0 N–H and O–H groups in total. The summed E-state index contributed by atoms with van der Waals surface area (Å²) in [6, 6.07) is 7.46. The minimum Gasteiger partial charge on any atom is -0.368 e. The van der Waals surface area contributed by atoms with Crippen LogP contribution in [0.15, 0.2) is 24.8 Å². The smallest absolute Gasteiger partial charge is 0.0402 e. The highest BCUT2D eigenvalue weighted by Crippen LogP contribution is 2.34. The molecule has 0 amide bonds. The summed E-state index contributed by atoms with van der Waals surface area (Å²) in [7, 11) is 0. The average molecular weight is 226 g/mol. The lowest BCUT2D eigenvalue weighted by Crippen LogP contribution is -2.35. The topological polar surface area (TPSA) is 3.24 Å². The lowest BCUT2D eigenvalue weighted by molar-refractivity contribution is 0.420. The van der Waals surface area contributed by atoms with Gasteiger partial charge < -0.3 is 4.90 Å². The van der Waals surface area contributed by atoms with Gasteiger partial charge in [-0.1, -0.05) is 31.9 Å². The molecule has 3 rings (SSSR count). The molecule has 0 bridgehead atoms. The highest BCUT2D eigenvalue weighted by Gasteiger charge is 2.26. The summed E-state index contributed by atoms with van der Waals surface area (Å²) in [5.41, 5.74) is 4.09. The Morgan fingerprint density at radius 3 is 2.76 bits per heavy atom. The molecule has 0 spiro atoms.